The summed E-state index contributed by atoms with van der Waals surface area (Å²) in [5.74, 6) is -0.391. The highest BCUT2D eigenvalue weighted by Crippen LogP contribution is 2.45. The molecule has 2 fully saturated rings. The second-order valence-electron chi connectivity index (χ2n) is 6.27. The SMILES string of the molecule is Cc1sc(-c2ccc(Br)cn2)nc1C1C(=O)[C@@H]2CC[C@@H](C2)C1=O. The summed E-state index contributed by atoms with van der Waals surface area (Å²) in [5.41, 5.74) is 1.42. The molecule has 2 aromatic heterocycles. The second kappa shape index (κ2) is 5.60. The van der Waals surface area contributed by atoms with Crippen molar-refractivity contribution in [3.63, 3.8) is 0 Å². The first-order valence-corrected chi connectivity index (χ1v) is 9.32. The molecule has 4 nitrogen and oxygen atoms in total. The third kappa shape index (κ3) is 2.48. The molecule has 2 heterocycles. The van der Waals surface area contributed by atoms with Crippen LogP contribution in [0, 0.1) is 18.8 Å². The summed E-state index contributed by atoms with van der Waals surface area (Å²) in [7, 11) is 0. The minimum atomic E-state index is -0.651. The van der Waals surface area contributed by atoms with Crippen molar-refractivity contribution in [2.24, 2.45) is 11.8 Å². The van der Waals surface area contributed by atoms with E-state index in [0.717, 1.165) is 39.3 Å². The molecular formula is C17H15BrN2O2S. The van der Waals surface area contributed by atoms with Crippen LogP contribution in [0.4, 0.5) is 0 Å². The number of hydrogen-bond acceptors (Lipinski definition) is 5. The molecule has 2 bridgehead atoms. The number of ketones is 2. The van der Waals surface area contributed by atoms with Crippen LogP contribution in [0.25, 0.3) is 10.7 Å². The predicted octanol–water partition coefficient (Wildman–Crippen LogP) is 3.93. The monoisotopic (exact) mass is 390 g/mol. The molecular weight excluding hydrogens is 376 g/mol. The summed E-state index contributed by atoms with van der Waals surface area (Å²) in [6, 6.07) is 3.80. The molecule has 2 aliphatic rings. The van der Waals surface area contributed by atoms with E-state index in [1.807, 2.05) is 19.1 Å². The fourth-order valence-corrected chi connectivity index (χ4v) is 4.83. The van der Waals surface area contributed by atoms with Crippen LogP contribution in [0.5, 0.6) is 0 Å². The van der Waals surface area contributed by atoms with Crippen LogP contribution in [0.15, 0.2) is 22.8 Å². The summed E-state index contributed by atoms with van der Waals surface area (Å²) in [6.07, 6.45) is 4.19. The Kier molecular flexibility index (Phi) is 3.69. The van der Waals surface area contributed by atoms with E-state index in [9.17, 15) is 9.59 Å². The highest BCUT2D eigenvalue weighted by Gasteiger charge is 2.48. The highest BCUT2D eigenvalue weighted by atomic mass is 79.9. The van der Waals surface area contributed by atoms with Crippen LogP contribution in [0.2, 0.25) is 0 Å². The number of pyridine rings is 1. The molecule has 0 N–H and O–H groups in total. The fraction of sp³-hybridized carbons (Fsp3) is 0.412. The van der Waals surface area contributed by atoms with Crippen LogP contribution in [0.1, 0.15) is 35.8 Å². The molecule has 0 aliphatic heterocycles. The lowest BCUT2D eigenvalue weighted by Gasteiger charge is -2.24. The van der Waals surface area contributed by atoms with Crippen LogP contribution in [-0.4, -0.2) is 21.5 Å². The predicted molar refractivity (Wildman–Crippen MR) is 91.4 cm³/mol. The summed E-state index contributed by atoms with van der Waals surface area (Å²) in [6.45, 7) is 1.94. The minimum absolute atomic E-state index is 0.0538. The average Bonchev–Trinajstić information content (AvgIpc) is 3.13. The van der Waals surface area contributed by atoms with E-state index in [0.29, 0.717) is 5.69 Å². The number of carbonyl (C=O) groups is 2. The number of carbonyl (C=O) groups excluding carboxylic acids is 2. The van der Waals surface area contributed by atoms with Gasteiger partial charge in [0, 0.05) is 27.4 Å². The fourth-order valence-electron chi connectivity index (χ4n) is 3.67. The van der Waals surface area contributed by atoms with Crippen molar-refractivity contribution in [1.82, 2.24) is 9.97 Å². The zero-order valence-electron chi connectivity index (χ0n) is 12.6. The number of aryl methyl sites for hydroxylation is 1. The number of aromatic nitrogens is 2. The molecule has 118 valence electrons. The van der Waals surface area contributed by atoms with Crippen molar-refractivity contribution in [1.29, 1.82) is 0 Å². The van der Waals surface area contributed by atoms with Crippen molar-refractivity contribution in [2.45, 2.75) is 32.1 Å². The third-order valence-electron chi connectivity index (χ3n) is 4.86. The summed E-state index contributed by atoms with van der Waals surface area (Å²) in [5, 5.41) is 0.767. The number of nitrogens with zero attached hydrogens (tertiary/aromatic N) is 2. The number of thiazole rings is 1. The Morgan fingerprint density at radius 2 is 1.87 bits per heavy atom. The van der Waals surface area contributed by atoms with E-state index in [-0.39, 0.29) is 23.4 Å². The van der Waals surface area contributed by atoms with E-state index in [1.54, 1.807) is 6.20 Å². The smallest absolute Gasteiger partial charge is 0.152 e. The highest BCUT2D eigenvalue weighted by molar-refractivity contribution is 9.10. The van der Waals surface area contributed by atoms with E-state index >= 15 is 0 Å². The number of Topliss-reactive ketones (excluding diaryl/α,β-unsaturated/α-hetero) is 2. The van der Waals surface area contributed by atoms with Crippen LogP contribution >= 0.6 is 27.3 Å². The van der Waals surface area contributed by atoms with Crippen molar-refractivity contribution in [2.75, 3.05) is 0 Å². The molecule has 3 atom stereocenters. The molecule has 6 heteroatoms. The first-order chi connectivity index (χ1) is 11.0. The van der Waals surface area contributed by atoms with E-state index in [4.69, 9.17) is 0 Å². The van der Waals surface area contributed by atoms with Crippen molar-refractivity contribution < 1.29 is 9.59 Å². The lowest BCUT2D eigenvalue weighted by molar-refractivity contribution is -0.136. The third-order valence-corrected chi connectivity index (χ3v) is 6.34. The van der Waals surface area contributed by atoms with E-state index in [2.05, 4.69) is 25.9 Å². The topological polar surface area (TPSA) is 59.9 Å². The van der Waals surface area contributed by atoms with Crippen molar-refractivity contribution >= 4 is 38.8 Å². The molecule has 0 radical (unpaired) electrons. The Balaban J connectivity index is 1.73. The second-order valence-corrected chi connectivity index (χ2v) is 8.39. The number of hydrogen-bond donors (Lipinski definition) is 0. The van der Waals surface area contributed by atoms with Crippen molar-refractivity contribution in [3.05, 3.63) is 33.4 Å². The lowest BCUT2D eigenvalue weighted by Crippen LogP contribution is -2.35. The first kappa shape index (κ1) is 15.1. The maximum atomic E-state index is 12.7. The minimum Gasteiger partial charge on any atom is -0.298 e. The van der Waals surface area contributed by atoms with Crippen LogP contribution < -0.4 is 0 Å². The normalized spacial score (nSPS) is 26.8. The largest absolute Gasteiger partial charge is 0.298 e. The average molecular weight is 391 g/mol. The standard InChI is InChI=1S/C17H15BrN2O2S/c1-8-14(13-15(21)9-2-3-10(6-9)16(13)22)20-17(23-8)12-5-4-11(18)7-19-12/h4-5,7,9-10,13H,2-3,6H2,1H3/t9-,10+,13?. The molecule has 4 rings (SSSR count). The van der Waals surface area contributed by atoms with Gasteiger partial charge in [-0.2, -0.15) is 0 Å². The zero-order chi connectivity index (χ0) is 16.1. The van der Waals surface area contributed by atoms with Gasteiger partial charge in [-0.15, -0.1) is 11.3 Å². The van der Waals surface area contributed by atoms with Gasteiger partial charge in [-0.1, -0.05) is 0 Å². The van der Waals surface area contributed by atoms with Gasteiger partial charge >= 0.3 is 0 Å². The Bertz CT molecular complexity index is 777. The first-order valence-electron chi connectivity index (χ1n) is 7.71. The van der Waals surface area contributed by atoms with Crippen LogP contribution in [-0.2, 0) is 9.59 Å². The summed E-state index contributed by atoms with van der Waals surface area (Å²) < 4.78 is 0.906. The van der Waals surface area contributed by atoms with Gasteiger partial charge in [0.15, 0.2) is 11.6 Å². The Labute approximate surface area is 146 Å². The van der Waals surface area contributed by atoms with Gasteiger partial charge < -0.3 is 0 Å². The van der Waals surface area contributed by atoms with Crippen LogP contribution in [0.3, 0.4) is 0 Å². The van der Waals surface area contributed by atoms with E-state index in [1.165, 1.54) is 11.3 Å². The molecule has 0 amide bonds. The zero-order valence-corrected chi connectivity index (χ0v) is 15.0. The molecule has 0 saturated heterocycles. The quantitative estimate of drug-likeness (QED) is 0.728. The molecule has 1 unspecified atom stereocenters. The molecule has 2 saturated carbocycles. The Hall–Kier alpha value is -1.40. The Morgan fingerprint density at radius 3 is 2.48 bits per heavy atom. The molecule has 2 aromatic rings. The number of fused-ring (bicyclic) bond motifs is 2. The maximum Gasteiger partial charge on any atom is 0.152 e. The molecule has 23 heavy (non-hydrogen) atoms. The van der Waals surface area contributed by atoms with Gasteiger partial charge in [-0.25, -0.2) is 4.98 Å². The lowest BCUT2D eigenvalue weighted by atomic mass is 9.77. The van der Waals surface area contributed by atoms with Gasteiger partial charge in [-0.05, 0) is 54.2 Å². The maximum absolute atomic E-state index is 12.7. The Morgan fingerprint density at radius 1 is 1.17 bits per heavy atom. The number of rotatable bonds is 2. The summed E-state index contributed by atoms with van der Waals surface area (Å²) in [4.78, 5) is 35.2. The van der Waals surface area contributed by atoms with E-state index < -0.39 is 5.92 Å². The van der Waals surface area contributed by atoms with Gasteiger partial charge in [0.2, 0.25) is 0 Å². The molecule has 0 aromatic carbocycles. The molecule has 2 aliphatic carbocycles. The van der Waals surface area contributed by atoms with Gasteiger partial charge in [0.25, 0.3) is 0 Å². The van der Waals surface area contributed by atoms with Gasteiger partial charge in [0.1, 0.15) is 10.9 Å². The van der Waals surface area contributed by atoms with Crippen molar-refractivity contribution in [3.8, 4) is 10.7 Å². The van der Waals surface area contributed by atoms with Gasteiger partial charge in [-0.3, -0.25) is 14.6 Å². The number of halogens is 1. The molecule has 0 spiro atoms. The van der Waals surface area contributed by atoms with Gasteiger partial charge in [0.05, 0.1) is 11.4 Å². The summed E-state index contributed by atoms with van der Waals surface area (Å²) >= 11 is 4.87.